The molecule has 0 aliphatic carbocycles. The van der Waals surface area contributed by atoms with Crippen molar-refractivity contribution in [2.24, 2.45) is 0 Å². The van der Waals surface area contributed by atoms with Crippen molar-refractivity contribution >= 4 is 34.8 Å². The summed E-state index contributed by atoms with van der Waals surface area (Å²) in [6, 6.07) is 7.21. The molecule has 0 aliphatic rings. The van der Waals surface area contributed by atoms with Crippen molar-refractivity contribution in [1.82, 2.24) is 0 Å². The van der Waals surface area contributed by atoms with E-state index in [0.717, 1.165) is 11.3 Å². The zero-order valence-electron chi connectivity index (χ0n) is 7.71. The topological polar surface area (TPSA) is 20.3 Å². The molecular formula is C10H10Cl2NO. The molecule has 0 N–H and O–H groups in total. The van der Waals surface area contributed by atoms with E-state index in [1.807, 2.05) is 12.1 Å². The third-order valence-corrected chi connectivity index (χ3v) is 2.21. The Morgan fingerprint density at radius 3 is 2.29 bits per heavy atom. The van der Waals surface area contributed by atoms with Crippen molar-refractivity contribution < 1.29 is 4.79 Å². The molecule has 0 heterocycles. The Kier molecular flexibility index (Phi) is 3.78. The van der Waals surface area contributed by atoms with E-state index in [0.29, 0.717) is 0 Å². The van der Waals surface area contributed by atoms with E-state index in [1.54, 1.807) is 19.2 Å². The largest absolute Gasteiger partial charge is 0.313 e. The van der Waals surface area contributed by atoms with E-state index in [-0.39, 0.29) is 5.91 Å². The van der Waals surface area contributed by atoms with Gasteiger partial charge in [0.1, 0.15) is 0 Å². The SMILES string of the molecule is [CH2]c1ccc(N(C)C(=O)C(Cl)Cl)cc1. The maximum atomic E-state index is 11.4. The average molecular weight is 231 g/mol. The number of amides is 1. The van der Waals surface area contributed by atoms with Crippen molar-refractivity contribution in [2.45, 2.75) is 4.84 Å². The number of rotatable bonds is 2. The Balaban J connectivity index is 2.84. The molecule has 0 bridgehead atoms. The molecule has 4 heteroatoms. The van der Waals surface area contributed by atoms with Gasteiger partial charge in [0.25, 0.3) is 5.91 Å². The predicted octanol–water partition coefficient (Wildman–Crippen LogP) is 2.64. The molecule has 0 aliphatic heterocycles. The highest BCUT2D eigenvalue weighted by molar-refractivity contribution is 6.54. The second-order valence-electron chi connectivity index (χ2n) is 2.86. The molecule has 1 aromatic rings. The summed E-state index contributed by atoms with van der Waals surface area (Å²) < 4.78 is 0. The molecule has 1 amide bonds. The summed E-state index contributed by atoms with van der Waals surface area (Å²) in [5.41, 5.74) is 1.64. The van der Waals surface area contributed by atoms with Crippen molar-refractivity contribution in [3.63, 3.8) is 0 Å². The van der Waals surface area contributed by atoms with Gasteiger partial charge in [-0.2, -0.15) is 0 Å². The number of halogens is 2. The molecule has 0 unspecified atom stereocenters. The summed E-state index contributed by atoms with van der Waals surface area (Å²) in [5.74, 6) is -0.342. The minimum Gasteiger partial charge on any atom is -0.313 e. The molecule has 1 radical (unpaired) electrons. The molecule has 0 aromatic heterocycles. The number of anilines is 1. The van der Waals surface area contributed by atoms with Gasteiger partial charge in [0.2, 0.25) is 0 Å². The molecule has 1 rings (SSSR count). The summed E-state index contributed by atoms with van der Waals surface area (Å²) in [7, 11) is 1.62. The third kappa shape index (κ3) is 2.63. The fraction of sp³-hybridized carbons (Fsp3) is 0.200. The molecule has 0 saturated heterocycles. The lowest BCUT2D eigenvalue weighted by molar-refractivity contribution is -0.116. The van der Waals surface area contributed by atoms with E-state index in [9.17, 15) is 4.79 Å². The minimum atomic E-state index is -1.03. The normalized spacial score (nSPS) is 10.4. The van der Waals surface area contributed by atoms with Crippen molar-refractivity contribution in [3.05, 3.63) is 36.8 Å². The van der Waals surface area contributed by atoms with Gasteiger partial charge in [0, 0.05) is 12.7 Å². The number of hydrogen-bond acceptors (Lipinski definition) is 1. The Bertz CT molecular complexity index is 321. The zero-order valence-corrected chi connectivity index (χ0v) is 9.22. The molecule has 0 fully saturated rings. The standard InChI is InChI=1S/C10H10Cl2NO/c1-7-3-5-8(6-4-7)13(2)10(14)9(11)12/h3-6,9H,1H2,2H3. The van der Waals surface area contributed by atoms with Crippen LogP contribution in [0.3, 0.4) is 0 Å². The molecule has 0 spiro atoms. The summed E-state index contributed by atoms with van der Waals surface area (Å²) in [5, 5.41) is 0. The Hall–Kier alpha value is -0.730. The van der Waals surface area contributed by atoms with Crippen LogP contribution in [0.15, 0.2) is 24.3 Å². The van der Waals surface area contributed by atoms with Crippen LogP contribution in [0, 0.1) is 6.92 Å². The van der Waals surface area contributed by atoms with Crippen LogP contribution in [0.2, 0.25) is 0 Å². The number of nitrogens with zero attached hydrogens (tertiary/aromatic N) is 1. The highest BCUT2D eigenvalue weighted by Crippen LogP contribution is 2.16. The van der Waals surface area contributed by atoms with Crippen LogP contribution >= 0.6 is 23.2 Å². The predicted molar refractivity (Wildman–Crippen MR) is 59.8 cm³/mol. The Labute approximate surface area is 93.4 Å². The van der Waals surface area contributed by atoms with Crippen molar-refractivity contribution in [1.29, 1.82) is 0 Å². The maximum Gasteiger partial charge on any atom is 0.260 e. The lowest BCUT2D eigenvalue weighted by Crippen LogP contribution is -2.30. The molecule has 75 valence electrons. The number of hydrogen-bond donors (Lipinski definition) is 0. The zero-order chi connectivity index (χ0) is 10.7. The monoisotopic (exact) mass is 230 g/mol. The van der Waals surface area contributed by atoms with Crippen LogP contribution < -0.4 is 4.90 Å². The lowest BCUT2D eigenvalue weighted by Gasteiger charge is -2.17. The number of benzene rings is 1. The van der Waals surface area contributed by atoms with Crippen LogP contribution in [0.5, 0.6) is 0 Å². The van der Waals surface area contributed by atoms with Gasteiger partial charge >= 0.3 is 0 Å². The number of carbonyl (C=O) groups is 1. The van der Waals surface area contributed by atoms with Crippen molar-refractivity contribution in [2.75, 3.05) is 11.9 Å². The molecular weight excluding hydrogens is 221 g/mol. The molecule has 2 nitrogen and oxygen atoms in total. The summed E-state index contributed by atoms with van der Waals surface area (Å²) in [6.07, 6.45) is 0. The van der Waals surface area contributed by atoms with E-state index in [1.165, 1.54) is 4.90 Å². The molecule has 1 aromatic carbocycles. The van der Waals surface area contributed by atoms with E-state index >= 15 is 0 Å². The van der Waals surface area contributed by atoms with Gasteiger partial charge in [-0.25, -0.2) is 0 Å². The quantitative estimate of drug-likeness (QED) is 0.716. The second-order valence-corrected chi connectivity index (χ2v) is 3.96. The van der Waals surface area contributed by atoms with Gasteiger partial charge in [0.05, 0.1) is 0 Å². The Morgan fingerprint density at radius 2 is 1.86 bits per heavy atom. The van der Waals surface area contributed by atoms with Gasteiger partial charge in [-0.15, -0.1) is 0 Å². The maximum absolute atomic E-state index is 11.4. The third-order valence-electron chi connectivity index (χ3n) is 1.84. The number of alkyl halides is 2. The smallest absolute Gasteiger partial charge is 0.260 e. The second kappa shape index (κ2) is 4.67. The van der Waals surface area contributed by atoms with Gasteiger partial charge in [-0.05, 0) is 24.6 Å². The van der Waals surface area contributed by atoms with Crippen molar-refractivity contribution in [3.8, 4) is 0 Å². The highest BCUT2D eigenvalue weighted by Gasteiger charge is 2.17. The van der Waals surface area contributed by atoms with Crippen LogP contribution in [0.25, 0.3) is 0 Å². The molecule has 14 heavy (non-hydrogen) atoms. The minimum absolute atomic E-state index is 0.342. The molecule has 0 saturated carbocycles. The first-order valence-corrected chi connectivity index (χ1v) is 4.87. The lowest BCUT2D eigenvalue weighted by atomic mass is 10.2. The fourth-order valence-electron chi connectivity index (χ4n) is 0.993. The van der Waals surface area contributed by atoms with Crippen LogP contribution in [0.1, 0.15) is 5.56 Å². The van der Waals surface area contributed by atoms with E-state index in [4.69, 9.17) is 23.2 Å². The average Bonchev–Trinajstić information content (AvgIpc) is 2.16. The summed E-state index contributed by atoms with van der Waals surface area (Å²) in [4.78, 5) is 11.8. The van der Waals surface area contributed by atoms with Gasteiger partial charge < -0.3 is 4.90 Å². The first-order chi connectivity index (χ1) is 6.52. The van der Waals surface area contributed by atoms with Gasteiger partial charge in [-0.1, -0.05) is 35.3 Å². The summed E-state index contributed by atoms with van der Waals surface area (Å²) in [6.45, 7) is 3.75. The van der Waals surface area contributed by atoms with Gasteiger partial charge in [-0.3, -0.25) is 4.79 Å². The van der Waals surface area contributed by atoms with E-state index in [2.05, 4.69) is 6.92 Å². The highest BCUT2D eigenvalue weighted by atomic mass is 35.5. The van der Waals surface area contributed by atoms with Gasteiger partial charge in [0.15, 0.2) is 4.84 Å². The fourth-order valence-corrected chi connectivity index (χ4v) is 1.29. The molecule has 0 atom stereocenters. The van der Waals surface area contributed by atoms with Crippen LogP contribution in [-0.2, 0) is 4.79 Å². The Morgan fingerprint density at radius 1 is 1.36 bits per heavy atom. The van der Waals surface area contributed by atoms with Crippen LogP contribution in [-0.4, -0.2) is 17.8 Å². The summed E-state index contributed by atoms with van der Waals surface area (Å²) >= 11 is 10.9. The van der Waals surface area contributed by atoms with Crippen LogP contribution in [0.4, 0.5) is 5.69 Å². The first-order valence-electron chi connectivity index (χ1n) is 4.00. The first kappa shape index (κ1) is 11.3. The van der Waals surface area contributed by atoms with E-state index < -0.39 is 4.84 Å². The number of carbonyl (C=O) groups excluding carboxylic acids is 1.